The van der Waals surface area contributed by atoms with Crippen LogP contribution in [0.2, 0.25) is 0 Å². The van der Waals surface area contributed by atoms with Crippen LogP contribution in [0.5, 0.6) is 5.75 Å². The largest absolute Gasteiger partial charge is 0.497 e. The minimum atomic E-state index is -0.726. The molecule has 32 heavy (non-hydrogen) atoms. The Morgan fingerprint density at radius 1 is 1.38 bits per heavy atom. The fourth-order valence-corrected chi connectivity index (χ4v) is 3.79. The lowest BCUT2D eigenvalue weighted by Crippen LogP contribution is -2.55. The van der Waals surface area contributed by atoms with Gasteiger partial charge in [-0.05, 0) is 42.5 Å². The molecule has 1 aliphatic carbocycles. The van der Waals surface area contributed by atoms with Gasteiger partial charge in [0.1, 0.15) is 12.4 Å². The number of morpholine rings is 1. The summed E-state index contributed by atoms with van der Waals surface area (Å²) in [5.41, 5.74) is 1.92. The summed E-state index contributed by atoms with van der Waals surface area (Å²) in [6.45, 7) is 0.236. The van der Waals surface area contributed by atoms with Gasteiger partial charge in [-0.3, -0.25) is 19.5 Å². The van der Waals surface area contributed by atoms with Crippen LogP contribution in [0.3, 0.4) is 0 Å². The van der Waals surface area contributed by atoms with Gasteiger partial charge < -0.3 is 24.4 Å². The summed E-state index contributed by atoms with van der Waals surface area (Å²) in [4.78, 5) is 37.8. The van der Waals surface area contributed by atoms with Crippen molar-refractivity contribution < 1.29 is 29.0 Å². The molecule has 172 valence electrons. The maximum Gasteiger partial charge on any atom is 0.290 e. The molecule has 2 aliphatic rings. The molecule has 2 atom stereocenters. The van der Waals surface area contributed by atoms with E-state index in [0.29, 0.717) is 13.0 Å². The Kier molecular flexibility index (Phi) is 7.82. The van der Waals surface area contributed by atoms with E-state index in [1.165, 1.54) is 0 Å². The molecule has 1 saturated heterocycles. The second-order valence-corrected chi connectivity index (χ2v) is 7.70. The highest BCUT2D eigenvalue weighted by atomic mass is 16.5. The van der Waals surface area contributed by atoms with Crippen molar-refractivity contribution in [3.63, 3.8) is 0 Å². The highest BCUT2D eigenvalue weighted by Gasteiger charge is 2.48. The summed E-state index contributed by atoms with van der Waals surface area (Å²) in [7, 11) is 3.38. The first-order chi connectivity index (χ1) is 15.5. The maximum absolute atomic E-state index is 13.3. The number of H-pyrrole nitrogens is 1. The molecule has 2 amide bonds. The van der Waals surface area contributed by atoms with Gasteiger partial charge >= 0.3 is 0 Å². The van der Waals surface area contributed by atoms with E-state index in [1.807, 2.05) is 35.4 Å². The molecular weight excluding hydrogens is 416 g/mol. The van der Waals surface area contributed by atoms with E-state index in [-0.39, 0.29) is 30.9 Å². The molecule has 0 bridgehead atoms. The number of carbonyl (C=O) groups excluding carboxylic acids is 2. The van der Waals surface area contributed by atoms with E-state index in [1.54, 1.807) is 25.3 Å². The first-order valence-electron chi connectivity index (χ1n) is 10.4. The topological polar surface area (TPSA) is 125 Å². The zero-order valence-electron chi connectivity index (χ0n) is 18.1. The molecule has 2 heterocycles. The van der Waals surface area contributed by atoms with Gasteiger partial charge in [-0.1, -0.05) is 12.1 Å². The lowest BCUT2D eigenvalue weighted by molar-refractivity contribution is -0.169. The highest BCUT2D eigenvalue weighted by molar-refractivity contribution is 5.86. The summed E-state index contributed by atoms with van der Waals surface area (Å²) in [6.07, 6.45) is 5.48. The van der Waals surface area contributed by atoms with Crippen LogP contribution in [-0.4, -0.2) is 82.8 Å². The zero-order valence-corrected chi connectivity index (χ0v) is 18.1. The number of nitrogens with zero attached hydrogens (tertiary/aromatic N) is 3. The predicted molar refractivity (Wildman–Crippen MR) is 114 cm³/mol. The lowest BCUT2D eigenvalue weighted by Gasteiger charge is -2.42. The zero-order chi connectivity index (χ0) is 23.1. The van der Waals surface area contributed by atoms with Crippen LogP contribution in [0.1, 0.15) is 30.0 Å². The number of ether oxygens (including phenoxy) is 2. The summed E-state index contributed by atoms with van der Waals surface area (Å²) in [5.74, 6) is 0.556. The van der Waals surface area contributed by atoms with Crippen LogP contribution in [0.15, 0.2) is 36.7 Å². The fraction of sp³-hybridized carbons (Fsp3) is 0.455. The van der Waals surface area contributed by atoms with Crippen LogP contribution >= 0.6 is 0 Å². The van der Waals surface area contributed by atoms with E-state index in [2.05, 4.69) is 10.2 Å². The Morgan fingerprint density at radius 2 is 2.06 bits per heavy atom. The Hall–Kier alpha value is -3.40. The first kappa shape index (κ1) is 23.3. The van der Waals surface area contributed by atoms with Crippen molar-refractivity contribution in [2.75, 3.05) is 27.3 Å². The van der Waals surface area contributed by atoms with E-state index in [4.69, 9.17) is 19.4 Å². The minimum absolute atomic E-state index is 0.0570. The summed E-state index contributed by atoms with van der Waals surface area (Å²) in [5, 5.41) is 13.6. The molecular formula is C22H28N4O6. The van der Waals surface area contributed by atoms with Crippen molar-refractivity contribution in [2.45, 2.75) is 37.5 Å². The maximum atomic E-state index is 13.3. The Morgan fingerprint density at radius 3 is 2.62 bits per heavy atom. The molecule has 1 aliphatic heterocycles. The second-order valence-electron chi connectivity index (χ2n) is 7.70. The number of nitrogens with one attached hydrogen (secondary N) is 1. The van der Waals surface area contributed by atoms with Crippen molar-refractivity contribution in [1.82, 2.24) is 20.0 Å². The number of carbonyl (C=O) groups is 3. The van der Waals surface area contributed by atoms with Crippen LogP contribution in [0.4, 0.5) is 0 Å². The Bertz CT molecular complexity index is 898. The first-order valence-corrected chi connectivity index (χ1v) is 10.4. The summed E-state index contributed by atoms with van der Waals surface area (Å²) >= 11 is 0. The number of rotatable bonds is 7. The van der Waals surface area contributed by atoms with E-state index in [9.17, 15) is 9.59 Å². The number of amides is 2. The number of carboxylic acid groups (broad SMARTS) is 1. The van der Waals surface area contributed by atoms with Crippen LogP contribution in [-0.2, 0) is 25.5 Å². The van der Waals surface area contributed by atoms with Crippen molar-refractivity contribution in [3.8, 4) is 5.75 Å². The number of methoxy groups -OCH3 is 1. The smallest absolute Gasteiger partial charge is 0.290 e. The molecule has 2 fully saturated rings. The quantitative estimate of drug-likeness (QED) is 0.616. The second kappa shape index (κ2) is 10.8. The third kappa shape index (κ3) is 5.44. The van der Waals surface area contributed by atoms with Gasteiger partial charge in [0.05, 0.1) is 19.3 Å². The summed E-state index contributed by atoms with van der Waals surface area (Å²) < 4.78 is 11.1. The fourth-order valence-electron chi connectivity index (χ4n) is 3.79. The molecule has 2 N–H and O–H groups in total. The lowest BCUT2D eigenvalue weighted by atomic mass is 9.96. The average molecular weight is 444 g/mol. The molecule has 1 saturated carbocycles. The van der Waals surface area contributed by atoms with Crippen molar-refractivity contribution >= 4 is 18.3 Å². The highest BCUT2D eigenvalue weighted by Crippen LogP contribution is 2.40. The molecule has 10 heteroatoms. The number of likely N-dealkylation sites (N-methyl/N-ethyl adjacent to an activating group) is 1. The Labute approximate surface area is 186 Å². The molecule has 0 spiro atoms. The average Bonchev–Trinajstić information content (AvgIpc) is 3.51. The minimum Gasteiger partial charge on any atom is -0.497 e. The molecule has 2 aromatic rings. The number of hydrogen-bond donors (Lipinski definition) is 2. The number of hydrogen-bond acceptors (Lipinski definition) is 6. The van der Waals surface area contributed by atoms with Crippen LogP contribution in [0.25, 0.3) is 0 Å². The third-order valence-electron chi connectivity index (χ3n) is 5.57. The van der Waals surface area contributed by atoms with Crippen molar-refractivity contribution in [3.05, 3.63) is 47.8 Å². The van der Waals surface area contributed by atoms with E-state index >= 15 is 0 Å². The predicted octanol–water partition coefficient (Wildman–Crippen LogP) is 1.25. The van der Waals surface area contributed by atoms with Crippen molar-refractivity contribution in [1.29, 1.82) is 0 Å². The number of aromatic nitrogens is 2. The van der Waals surface area contributed by atoms with Crippen LogP contribution < -0.4 is 4.74 Å². The number of benzene rings is 1. The van der Waals surface area contributed by atoms with Gasteiger partial charge in [0.25, 0.3) is 12.4 Å². The van der Waals surface area contributed by atoms with E-state index in [0.717, 1.165) is 29.7 Å². The van der Waals surface area contributed by atoms with Gasteiger partial charge in [0.15, 0.2) is 6.10 Å². The monoisotopic (exact) mass is 444 g/mol. The molecule has 0 radical (unpaired) electrons. The third-order valence-corrected chi connectivity index (χ3v) is 5.57. The van der Waals surface area contributed by atoms with Gasteiger partial charge in [-0.25, -0.2) is 0 Å². The van der Waals surface area contributed by atoms with Gasteiger partial charge in [0, 0.05) is 25.8 Å². The molecule has 1 aromatic carbocycles. The SMILES string of the molecule is COc1ccc([C@@H]2[C@@H](C(=O)N(C)CCc3cn[nH]c3)OCC(=O)N2C2CC2)cc1.O=CO. The molecule has 1 aromatic heterocycles. The normalized spacial score (nSPS) is 20.2. The van der Waals surface area contributed by atoms with E-state index < -0.39 is 12.1 Å². The van der Waals surface area contributed by atoms with Gasteiger partial charge in [-0.2, -0.15) is 5.10 Å². The Balaban J connectivity index is 0.000000913. The van der Waals surface area contributed by atoms with Gasteiger partial charge in [0.2, 0.25) is 5.91 Å². The standard InChI is InChI=1S/C21H26N4O4.CH2O2/c1-24(10-9-14-11-22-23-12-14)21(27)20-19(15-3-7-17(28-2)8-4-15)25(16-5-6-16)18(26)13-29-20;2-1-3/h3-4,7-8,11-12,16,19-20H,5-6,9-10,13H2,1-2H3,(H,22,23);1H,(H,2,3)/t19-,20+;/m1./s1. The molecule has 4 rings (SSSR count). The molecule has 0 unspecified atom stereocenters. The summed E-state index contributed by atoms with van der Waals surface area (Å²) in [6, 6.07) is 7.27. The van der Waals surface area contributed by atoms with Crippen LogP contribution in [0, 0.1) is 0 Å². The molecule has 10 nitrogen and oxygen atoms in total. The van der Waals surface area contributed by atoms with Crippen molar-refractivity contribution in [2.24, 2.45) is 0 Å². The van der Waals surface area contributed by atoms with Gasteiger partial charge in [-0.15, -0.1) is 0 Å². The number of aromatic amines is 1.